The van der Waals surface area contributed by atoms with Gasteiger partial charge >= 0.3 is 12.5 Å². The van der Waals surface area contributed by atoms with Gasteiger partial charge in [0.05, 0.1) is 0 Å². The van der Waals surface area contributed by atoms with Crippen LogP contribution in [-0.4, -0.2) is 19.1 Å². The van der Waals surface area contributed by atoms with E-state index in [0.717, 1.165) is 12.1 Å². The zero-order valence-electron chi connectivity index (χ0n) is 10.1. The number of rotatable bonds is 5. The molecule has 0 aromatic heterocycles. The molecule has 0 spiro atoms. The summed E-state index contributed by atoms with van der Waals surface area (Å²) in [6.07, 6.45) is -8.17. The van der Waals surface area contributed by atoms with Crippen LogP contribution in [0.5, 0.6) is 5.75 Å². The van der Waals surface area contributed by atoms with Gasteiger partial charge < -0.3 is 4.74 Å². The highest BCUT2D eigenvalue weighted by Crippen LogP contribution is 2.27. The topological polar surface area (TPSA) is 58.0 Å². The Bertz CT molecular complexity index is 559. The first kappa shape index (κ1) is 15.7. The largest absolute Gasteiger partial charge is 0.461 e. The van der Waals surface area contributed by atoms with Crippen molar-refractivity contribution < 1.29 is 22.3 Å². The van der Waals surface area contributed by atoms with Crippen LogP contribution < -0.4 is 4.74 Å². The maximum atomic E-state index is 12.7. The van der Waals surface area contributed by atoms with Crippen molar-refractivity contribution in [3.8, 4) is 17.6 Å². The fourth-order valence-corrected chi connectivity index (χ4v) is 1.15. The molecule has 0 bridgehead atoms. The van der Waals surface area contributed by atoms with Gasteiger partial charge in [0, 0.05) is 23.4 Å². The molecule has 0 heterocycles. The van der Waals surface area contributed by atoms with Crippen LogP contribution in [0.4, 0.5) is 17.6 Å². The van der Waals surface area contributed by atoms with E-state index in [9.17, 15) is 17.6 Å². The number of alkyl halides is 4. The smallest absolute Gasteiger partial charge is 0.428 e. The maximum absolute atomic E-state index is 12.7. The van der Waals surface area contributed by atoms with Crippen LogP contribution in [-0.2, 0) is 0 Å². The summed E-state index contributed by atoms with van der Waals surface area (Å²) in [5.41, 5.74) is 8.36. The molecule has 0 radical (unpaired) electrons. The molecule has 20 heavy (non-hydrogen) atoms. The minimum atomic E-state index is -4.55. The Morgan fingerprint density at radius 2 is 2.15 bits per heavy atom. The number of nitrogens with zero attached hydrogens (tertiary/aromatic N) is 3. The Labute approximate surface area is 112 Å². The van der Waals surface area contributed by atoms with E-state index in [1.54, 1.807) is 0 Å². The maximum Gasteiger partial charge on any atom is 0.461 e. The summed E-state index contributed by atoms with van der Waals surface area (Å²) in [6.45, 7) is 0.184. The van der Waals surface area contributed by atoms with Crippen LogP contribution in [0, 0.1) is 11.8 Å². The molecule has 1 aromatic carbocycles. The first-order valence-electron chi connectivity index (χ1n) is 5.40. The summed E-state index contributed by atoms with van der Waals surface area (Å²) in [5.74, 6) is 4.85. The fraction of sp³-hybridized carbons (Fsp3) is 0.333. The highest BCUT2D eigenvalue weighted by atomic mass is 19.3. The quantitative estimate of drug-likeness (QED) is 0.202. The van der Waals surface area contributed by atoms with Crippen molar-refractivity contribution in [3.63, 3.8) is 0 Å². The molecule has 0 saturated heterocycles. The summed E-state index contributed by atoms with van der Waals surface area (Å²) in [4.78, 5) is 2.53. The molecular weight excluding hydrogens is 278 g/mol. The zero-order valence-corrected chi connectivity index (χ0v) is 10.1. The lowest BCUT2D eigenvalue weighted by molar-refractivity contribution is -0.253. The predicted molar refractivity (Wildman–Crippen MR) is 63.5 cm³/mol. The highest BCUT2D eigenvalue weighted by molar-refractivity contribution is 5.39. The minimum absolute atomic E-state index is 0.184. The summed E-state index contributed by atoms with van der Waals surface area (Å²) in [7, 11) is 0. The summed E-state index contributed by atoms with van der Waals surface area (Å²) >= 11 is 0. The molecule has 106 valence electrons. The van der Waals surface area contributed by atoms with E-state index in [1.807, 2.05) is 0 Å². The van der Waals surface area contributed by atoms with E-state index >= 15 is 0 Å². The van der Waals surface area contributed by atoms with Crippen LogP contribution >= 0.6 is 0 Å². The van der Waals surface area contributed by atoms with Gasteiger partial charge in [0.2, 0.25) is 0 Å². The van der Waals surface area contributed by atoms with Gasteiger partial charge in [-0.2, -0.15) is 17.6 Å². The number of azide groups is 1. The van der Waals surface area contributed by atoms with E-state index in [2.05, 4.69) is 26.6 Å². The average molecular weight is 287 g/mol. The van der Waals surface area contributed by atoms with Crippen LogP contribution in [0.1, 0.15) is 12.0 Å². The van der Waals surface area contributed by atoms with Crippen molar-refractivity contribution >= 4 is 0 Å². The molecule has 1 aromatic rings. The highest BCUT2D eigenvalue weighted by Gasteiger charge is 2.43. The predicted octanol–water partition coefficient (Wildman–Crippen LogP) is 3.98. The van der Waals surface area contributed by atoms with Crippen molar-refractivity contribution in [2.45, 2.75) is 19.0 Å². The summed E-state index contributed by atoms with van der Waals surface area (Å²) < 4.78 is 53.3. The Morgan fingerprint density at radius 3 is 2.80 bits per heavy atom. The standard InChI is InChI=1S/C12H9F4N3O/c13-11(14)12(15,16)20-10-6-3-5-9(8-10)4-1-2-7-18-19-17/h3,5-6,8,11H,2,7H2. The molecule has 1 rings (SSSR count). The van der Waals surface area contributed by atoms with Gasteiger partial charge in [-0.1, -0.05) is 23.0 Å². The number of halogens is 4. The second-order valence-corrected chi connectivity index (χ2v) is 3.50. The third kappa shape index (κ3) is 5.08. The molecule has 0 aliphatic rings. The SMILES string of the molecule is [N-]=[N+]=NCCC#Cc1cccc(OC(F)(F)C(F)F)c1. The Balaban J connectivity index is 2.73. The molecule has 0 N–H and O–H groups in total. The van der Waals surface area contributed by atoms with E-state index in [0.29, 0.717) is 12.0 Å². The van der Waals surface area contributed by atoms with E-state index in [4.69, 9.17) is 5.53 Å². The van der Waals surface area contributed by atoms with Crippen LogP contribution in [0.2, 0.25) is 0 Å². The van der Waals surface area contributed by atoms with Crippen molar-refractivity contribution in [3.05, 3.63) is 40.3 Å². The molecule has 0 aliphatic carbocycles. The third-order valence-corrected chi connectivity index (χ3v) is 1.97. The van der Waals surface area contributed by atoms with Gasteiger partial charge in [-0.15, -0.1) is 0 Å². The lowest BCUT2D eigenvalue weighted by Crippen LogP contribution is -2.33. The number of ether oxygens (including phenoxy) is 1. The lowest BCUT2D eigenvalue weighted by atomic mass is 10.2. The van der Waals surface area contributed by atoms with Crippen LogP contribution in [0.3, 0.4) is 0 Å². The number of hydrogen-bond acceptors (Lipinski definition) is 2. The molecule has 0 amide bonds. The molecule has 4 nitrogen and oxygen atoms in total. The molecule has 0 saturated carbocycles. The fourth-order valence-electron chi connectivity index (χ4n) is 1.15. The third-order valence-electron chi connectivity index (χ3n) is 1.97. The van der Waals surface area contributed by atoms with Crippen LogP contribution in [0.25, 0.3) is 10.4 Å². The summed E-state index contributed by atoms with van der Waals surface area (Å²) in [5, 5.41) is 3.26. The van der Waals surface area contributed by atoms with Crippen molar-refractivity contribution in [2.24, 2.45) is 5.11 Å². The van der Waals surface area contributed by atoms with E-state index < -0.39 is 18.3 Å². The molecule has 0 unspecified atom stereocenters. The van der Waals surface area contributed by atoms with Gasteiger partial charge in [0.25, 0.3) is 0 Å². The van der Waals surface area contributed by atoms with Gasteiger partial charge in [0.15, 0.2) is 0 Å². The van der Waals surface area contributed by atoms with E-state index in [1.165, 1.54) is 12.1 Å². The molecule has 0 atom stereocenters. The molecule has 0 fully saturated rings. The van der Waals surface area contributed by atoms with Gasteiger partial charge in [0.1, 0.15) is 5.75 Å². The Morgan fingerprint density at radius 1 is 1.40 bits per heavy atom. The normalized spacial score (nSPS) is 10.4. The zero-order chi connectivity index (χ0) is 15.0. The lowest BCUT2D eigenvalue weighted by Gasteiger charge is -2.16. The van der Waals surface area contributed by atoms with Crippen molar-refractivity contribution in [2.75, 3.05) is 6.54 Å². The van der Waals surface area contributed by atoms with Crippen molar-refractivity contribution in [1.29, 1.82) is 0 Å². The first-order chi connectivity index (χ1) is 9.45. The van der Waals surface area contributed by atoms with Crippen LogP contribution in [0.15, 0.2) is 29.4 Å². The molecule has 0 aliphatic heterocycles. The number of benzene rings is 1. The first-order valence-corrected chi connectivity index (χ1v) is 5.40. The summed E-state index contributed by atoms with van der Waals surface area (Å²) in [6, 6.07) is 5.11. The van der Waals surface area contributed by atoms with E-state index in [-0.39, 0.29) is 6.54 Å². The van der Waals surface area contributed by atoms with Gasteiger partial charge in [-0.3, -0.25) is 0 Å². The minimum Gasteiger partial charge on any atom is -0.428 e. The van der Waals surface area contributed by atoms with Gasteiger partial charge in [-0.25, -0.2) is 0 Å². The average Bonchev–Trinajstić information content (AvgIpc) is 2.38. The monoisotopic (exact) mass is 287 g/mol. The van der Waals surface area contributed by atoms with Gasteiger partial charge in [-0.05, 0) is 23.7 Å². The second-order valence-electron chi connectivity index (χ2n) is 3.50. The van der Waals surface area contributed by atoms with Crippen molar-refractivity contribution in [1.82, 2.24) is 0 Å². The Kier molecular flexibility index (Phi) is 5.69. The second kappa shape index (κ2) is 7.26. The number of hydrogen-bond donors (Lipinski definition) is 0. The Hall–Kier alpha value is -2.39. The molecule has 8 heteroatoms. The molecular formula is C12H9F4N3O.